The summed E-state index contributed by atoms with van der Waals surface area (Å²) in [4.78, 5) is 11.0. The van der Waals surface area contributed by atoms with Crippen LogP contribution in [0.5, 0.6) is 5.75 Å². The van der Waals surface area contributed by atoms with Crippen molar-refractivity contribution in [2.75, 3.05) is 10.8 Å². The van der Waals surface area contributed by atoms with E-state index in [1.807, 2.05) is 4.72 Å². The molecule has 8 heteroatoms. The number of rotatable bonds is 1. The highest BCUT2D eigenvalue weighted by molar-refractivity contribution is 9.10. The lowest BCUT2D eigenvalue weighted by Gasteiger charge is -2.15. The number of phenolic OH excluding ortho intramolecular Hbond substituents is 1. The lowest BCUT2D eigenvalue weighted by molar-refractivity contribution is -0.117. The molecule has 0 aliphatic carbocycles. The molecule has 0 atom stereocenters. The molecule has 0 unspecified atom stereocenters. The van der Waals surface area contributed by atoms with Gasteiger partial charge in [-0.25, -0.2) is 9.03 Å². The van der Waals surface area contributed by atoms with Crippen molar-refractivity contribution in [2.24, 2.45) is 0 Å². The first-order valence-electron chi connectivity index (χ1n) is 4.22. The van der Waals surface area contributed by atoms with Crippen LogP contribution < -0.4 is 9.03 Å². The first-order chi connectivity index (χ1) is 7.40. The zero-order valence-corrected chi connectivity index (χ0v) is 10.2. The Labute approximate surface area is 100 Å². The summed E-state index contributed by atoms with van der Waals surface area (Å²) in [6, 6.07) is 4.33. The van der Waals surface area contributed by atoms with Crippen molar-refractivity contribution < 1.29 is 18.3 Å². The molecule has 6 nitrogen and oxygen atoms in total. The van der Waals surface area contributed by atoms with E-state index in [0.717, 1.165) is 4.31 Å². The summed E-state index contributed by atoms with van der Waals surface area (Å²) < 4.78 is 26.2. The topological polar surface area (TPSA) is 86.7 Å². The van der Waals surface area contributed by atoms with Crippen LogP contribution >= 0.6 is 15.9 Å². The number of hydrogen-bond donors (Lipinski definition) is 2. The third-order valence-corrected chi connectivity index (χ3v) is 3.91. The van der Waals surface area contributed by atoms with E-state index in [1.54, 1.807) is 6.07 Å². The highest BCUT2D eigenvalue weighted by atomic mass is 79.9. The molecular weight excluding hydrogens is 300 g/mol. The predicted octanol–water partition coefficient (Wildman–Crippen LogP) is 0.336. The molecule has 0 bridgehead atoms. The molecular formula is C8H7BrN2O4S. The number of carbonyl (C=O) groups excluding carboxylic acids is 1. The van der Waals surface area contributed by atoms with E-state index in [4.69, 9.17) is 0 Å². The predicted molar refractivity (Wildman–Crippen MR) is 60.2 cm³/mol. The number of anilines is 1. The molecule has 0 spiro atoms. The highest BCUT2D eigenvalue weighted by Gasteiger charge is 2.35. The molecule has 1 aromatic carbocycles. The maximum atomic E-state index is 11.5. The number of benzene rings is 1. The minimum Gasteiger partial charge on any atom is -0.506 e. The number of aromatic hydroxyl groups is 1. The summed E-state index contributed by atoms with van der Waals surface area (Å²) in [7, 11) is -3.88. The average molecular weight is 307 g/mol. The smallest absolute Gasteiger partial charge is 0.326 e. The zero-order chi connectivity index (χ0) is 11.9. The van der Waals surface area contributed by atoms with Crippen LogP contribution in [0.3, 0.4) is 0 Å². The summed E-state index contributed by atoms with van der Waals surface area (Å²) in [5.41, 5.74) is 0.0627. The van der Waals surface area contributed by atoms with Crippen LogP contribution in [0.25, 0.3) is 0 Å². The van der Waals surface area contributed by atoms with Gasteiger partial charge in [0.15, 0.2) is 0 Å². The fourth-order valence-corrected chi connectivity index (χ4v) is 2.86. The molecule has 2 rings (SSSR count). The van der Waals surface area contributed by atoms with Gasteiger partial charge in [-0.05, 0) is 18.2 Å². The average Bonchev–Trinajstić information content (AvgIpc) is 2.43. The molecule has 1 aromatic rings. The summed E-state index contributed by atoms with van der Waals surface area (Å²) >= 11 is 3.16. The van der Waals surface area contributed by atoms with E-state index in [-0.39, 0.29) is 18.0 Å². The molecule has 0 saturated carbocycles. The number of nitrogens with zero attached hydrogens (tertiary/aromatic N) is 1. The molecule has 2 N–H and O–H groups in total. The second-order valence-electron chi connectivity index (χ2n) is 3.17. The summed E-state index contributed by atoms with van der Waals surface area (Å²) in [5, 5.41) is 9.55. The first kappa shape index (κ1) is 11.2. The SMILES string of the molecule is O=C1CN(c2cc(Br)ccc2O)S(=O)(=O)N1. The molecule has 16 heavy (non-hydrogen) atoms. The van der Waals surface area contributed by atoms with Crippen molar-refractivity contribution in [3.63, 3.8) is 0 Å². The van der Waals surface area contributed by atoms with Crippen LogP contribution in [0.1, 0.15) is 0 Å². The van der Waals surface area contributed by atoms with Crippen LogP contribution in [0.15, 0.2) is 22.7 Å². The van der Waals surface area contributed by atoms with Crippen molar-refractivity contribution in [2.45, 2.75) is 0 Å². The number of hydrogen-bond acceptors (Lipinski definition) is 4. The normalized spacial score (nSPS) is 18.6. The van der Waals surface area contributed by atoms with E-state index in [0.29, 0.717) is 4.47 Å². The Morgan fingerprint density at radius 1 is 1.44 bits per heavy atom. The third-order valence-electron chi connectivity index (χ3n) is 2.03. The number of amides is 1. The fourth-order valence-electron chi connectivity index (χ4n) is 1.36. The maximum Gasteiger partial charge on any atom is 0.326 e. The fraction of sp³-hybridized carbons (Fsp3) is 0.125. The van der Waals surface area contributed by atoms with Crippen molar-refractivity contribution >= 4 is 37.7 Å². The Bertz CT molecular complexity index is 557. The molecule has 1 amide bonds. The number of phenols is 1. The quantitative estimate of drug-likeness (QED) is 0.783. The summed E-state index contributed by atoms with van der Waals surface area (Å²) in [6.07, 6.45) is 0. The minimum atomic E-state index is -3.88. The van der Waals surface area contributed by atoms with Gasteiger partial charge in [-0.1, -0.05) is 15.9 Å². The van der Waals surface area contributed by atoms with Gasteiger partial charge in [0, 0.05) is 4.47 Å². The van der Waals surface area contributed by atoms with Gasteiger partial charge in [-0.15, -0.1) is 0 Å². The van der Waals surface area contributed by atoms with E-state index in [1.165, 1.54) is 12.1 Å². The van der Waals surface area contributed by atoms with Gasteiger partial charge in [-0.3, -0.25) is 4.79 Å². The van der Waals surface area contributed by atoms with Gasteiger partial charge in [0.25, 0.3) is 5.91 Å². The molecule has 0 aromatic heterocycles. The third kappa shape index (κ3) is 1.85. The Morgan fingerprint density at radius 3 is 2.69 bits per heavy atom. The van der Waals surface area contributed by atoms with Gasteiger partial charge in [0.05, 0.1) is 5.69 Å². The van der Waals surface area contributed by atoms with E-state index < -0.39 is 16.1 Å². The Hall–Kier alpha value is -1.28. The van der Waals surface area contributed by atoms with Crippen molar-refractivity contribution in [1.82, 2.24) is 4.72 Å². The van der Waals surface area contributed by atoms with Gasteiger partial charge >= 0.3 is 10.2 Å². The molecule has 0 radical (unpaired) electrons. The van der Waals surface area contributed by atoms with Gasteiger partial charge in [0.2, 0.25) is 0 Å². The summed E-state index contributed by atoms with van der Waals surface area (Å²) in [5.74, 6) is -0.831. The van der Waals surface area contributed by atoms with E-state index in [9.17, 15) is 18.3 Å². The zero-order valence-electron chi connectivity index (χ0n) is 7.84. The molecule has 1 aliphatic rings. The van der Waals surface area contributed by atoms with Gasteiger partial charge in [0.1, 0.15) is 12.3 Å². The Morgan fingerprint density at radius 2 is 2.12 bits per heavy atom. The molecule has 1 fully saturated rings. The second kappa shape index (κ2) is 3.63. The van der Waals surface area contributed by atoms with Crippen LogP contribution in [-0.4, -0.2) is 26.0 Å². The number of halogens is 1. The van der Waals surface area contributed by atoms with E-state index in [2.05, 4.69) is 15.9 Å². The van der Waals surface area contributed by atoms with Crippen LogP contribution in [0, 0.1) is 0 Å². The van der Waals surface area contributed by atoms with Crippen molar-refractivity contribution in [3.05, 3.63) is 22.7 Å². The lowest BCUT2D eigenvalue weighted by atomic mass is 10.3. The van der Waals surface area contributed by atoms with E-state index >= 15 is 0 Å². The summed E-state index contributed by atoms with van der Waals surface area (Å²) in [6.45, 7) is -0.327. The van der Waals surface area contributed by atoms with Crippen molar-refractivity contribution in [3.8, 4) is 5.75 Å². The molecule has 1 saturated heterocycles. The second-order valence-corrected chi connectivity index (χ2v) is 5.68. The van der Waals surface area contributed by atoms with Crippen LogP contribution in [-0.2, 0) is 15.0 Å². The minimum absolute atomic E-state index is 0.0627. The molecule has 1 aliphatic heterocycles. The van der Waals surface area contributed by atoms with Gasteiger partial charge in [-0.2, -0.15) is 8.42 Å². The van der Waals surface area contributed by atoms with Gasteiger partial charge < -0.3 is 5.11 Å². The standard InChI is InChI=1S/C8H7BrN2O4S/c9-5-1-2-7(12)6(3-5)11-4-8(13)10-16(11,14)15/h1-3,12H,4H2,(H,10,13). The number of carbonyl (C=O) groups is 1. The maximum absolute atomic E-state index is 11.5. The highest BCUT2D eigenvalue weighted by Crippen LogP contribution is 2.32. The van der Waals surface area contributed by atoms with Crippen LogP contribution in [0.4, 0.5) is 5.69 Å². The Kier molecular flexibility index (Phi) is 2.55. The number of nitrogens with one attached hydrogen (secondary N) is 1. The molecule has 86 valence electrons. The first-order valence-corrected chi connectivity index (χ1v) is 6.45. The largest absolute Gasteiger partial charge is 0.506 e. The Balaban J connectivity index is 2.53. The van der Waals surface area contributed by atoms with Crippen LogP contribution in [0.2, 0.25) is 0 Å². The monoisotopic (exact) mass is 306 g/mol. The molecule has 1 heterocycles. The lowest BCUT2D eigenvalue weighted by Crippen LogP contribution is -2.29. The van der Waals surface area contributed by atoms with Crippen molar-refractivity contribution in [1.29, 1.82) is 0 Å².